The van der Waals surface area contributed by atoms with Gasteiger partial charge in [0.25, 0.3) is 0 Å². The molecular formula is C30H40N4O2. The Hall–Kier alpha value is -3.12. The minimum absolute atomic E-state index is 0.0691. The third kappa shape index (κ3) is 5.98. The minimum Gasteiger partial charge on any atom is -0.368 e. The van der Waals surface area contributed by atoms with Crippen LogP contribution in [-0.4, -0.2) is 34.9 Å². The molecule has 1 aliphatic rings. The Balaban J connectivity index is 1.42. The molecule has 3 aromatic rings. The van der Waals surface area contributed by atoms with Gasteiger partial charge in [0, 0.05) is 23.0 Å². The molecule has 0 aliphatic heterocycles. The number of primary amides is 1. The predicted molar refractivity (Wildman–Crippen MR) is 146 cm³/mol. The van der Waals surface area contributed by atoms with Gasteiger partial charge in [0.1, 0.15) is 11.6 Å². The summed E-state index contributed by atoms with van der Waals surface area (Å²) in [5.41, 5.74) is 9.76. The number of unbranched alkanes of at least 4 members (excludes halogenated alkanes) is 3. The van der Waals surface area contributed by atoms with E-state index in [9.17, 15) is 9.59 Å². The number of carbonyl (C=O) groups excluding carboxylic acids is 2. The normalized spacial score (nSPS) is 18.2. The molecule has 0 unspecified atom stereocenters. The van der Waals surface area contributed by atoms with Gasteiger partial charge in [-0.15, -0.1) is 0 Å². The maximum atomic E-state index is 13.7. The van der Waals surface area contributed by atoms with Gasteiger partial charge in [-0.1, -0.05) is 75.2 Å². The number of nitrogens with one attached hydrogen (secondary N) is 3. The van der Waals surface area contributed by atoms with Crippen molar-refractivity contribution in [2.45, 2.75) is 76.8 Å². The van der Waals surface area contributed by atoms with E-state index in [2.05, 4.69) is 58.1 Å². The van der Waals surface area contributed by atoms with E-state index < -0.39 is 17.5 Å². The molecule has 6 heteroatoms. The summed E-state index contributed by atoms with van der Waals surface area (Å²) >= 11 is 0. The number of para-hydroxylation sites is 1. The highest BCUT2D eigenvalue weighted by Gasteiger charge is 2.43. The Morgan fingerprint density at radius 1 is 1.00 bits per heavy atom. The molecule has 0 saturated heterocycles. The van der Waals surface area contributed by atoms with Gasteiger partial charge in [0.2, 0.25) is 11.8 Å². The van der Waals surface area contributed by atoms with E-state index in [1.54, 1.807) is 0 Å². The van der Waals surface area contributed by atoms with Crippen LogP contribution in [0.3, 0.4) is 0 Å². The molecule has 4 rings (SSSR count). The zero-order valence-corrected chi connectivity index (χ0v) is 21.6. The number of rotatable bonds is 12. The van der Waals surface area contributed by atoms with Crippen molar-refractivity contribution < 1.29 is 9.59 Å². The standard InChI is InChI=1S/C30H40N4O2/c1-21(2)27(28(31)35)34-29(36)30(32-19-11-4-3-6-12-22-13-7-5-8-14-22)18-17-26-24(20-30)23-15-9-10-16-25(23)33-26/h5,7-10,13-16,21,27,32-33H,3-4,6,11-12,17-20H2,1-2H3,(H2,31,35)(H,34,36)/t27-,30-/m0/s1. The minimum atomic E-state index is -0.759. The molecule has 0 fully saturated rings. The lowest BCUT2D eigenvalue weighted by Crippen LogP contribution is -2.63. The second kappa shape index (κ2) is 11.7. The van der Waals surface area contributed by atoms with Crippen molar-refractivity contribution in [3.8, 4) is 0 Å². The number of benzene rings is 2. The molecule has 192 valence electrons. The van der Waals surface area contributed by atoms with Crippen LogP contribution in [0.5, 0.6) is 0 Å². The number of aryl methyl sites for hydroxylation is 2. The zero-order chi connectivity index (χ0) is 25.5. The van der Waals surface area contributed by atoms with Crippen LogP contribution in [-0.2, 0) is 28.9 Å². The maximum absolute atomic E-state index is 13.7. The summed E-state index contributed by atoms with van der Waals surface area (Å²) in [6.45, 7) is 4.58. The molecule has 2 amide bonds. The fraction of sp³-hybridized carbons (Fsp3) is 0.467. The van der Waals surface area contributed by atoms with E-state index in [0.717, 1.165) is 37.7 Å². The number of hydrogen-bond acceptors (Lipinski definition) is 3. The molecular weight excluding hydrogens is 448 g/mol. The van der Waals surface area contributed by atoms with Crippen LogP contribution >= 0.6 is 0 Å². The maximum Gasteiger partial charge on any atom is 0.241 e. The highest BCUT2D eigenvalue weighted by atomic mass is 16.2. The van der Waals surface area contributed by atoms with Gasteiger partial charge >= 0.3 is 0 Å². The second-order valence-corrected chi connectivity index (χ2v) is 10.6. The van der Waals surface area contributed by atoms with Gasteiger partial charge in [-0.2, -0.15) is 0 Å². The van der Waals surface area contributed by atoms with Crippen molar-refractivity contribution in [2.75, 3.05) is 6.54 Å². The molecule has 0 saturated carbocycles. The number of hydrogen-bond donors (Lipinski definition) is 4. The van der Waals surface area contributed by atoms with Crippen LogP contribution in [0.25, 0.3) is 10.9 Å². The number of aromatic amines is 1. The van der Waals surface area contributed by atoms with Gasteiger partial charge in [0.05, 0.1) is 0 Å². The Bertz CT molecular complexity index is 1170. The number of carbonyl (C=O) groups is 2. The molecule has 0 bridgehead atoms. The lowest BCUT2D eigenvalue weighted by molar-refractivity contribution is -0.133. The van der Waals surface area contributed by atoms with Crippen LogP contribution < -0.4 is 16.4 Å². The summed E-state index contributed by atoms with van der Waals surface area (Å²) in [5.74, 6) is -0.684. The highest BCUT2D eigenvalue weighted by Crippen LogP contribution is 2.34. The molecule has 2 atom stereocenters. The van der Waals surface area contributed by atoms with Crippen molar-refractivity contribution in [3.05, 3.63) is 71.4 Å². The largest absolute Gasteiger partial charge is 0.368 e. The third-order valence-corrected chi connectivity index (χ3v) is 7.58. The molecule has 6 nitrogen and oxygen atoms in total. The number of amides is 2. The fourth-order valence-corrected chi connectivity index (χ4v) is 5.45. The predicted octanol–water partition coefficient (Wildman–Crippen LogP) is 4.41. The van der Waals surface area contributed by atoms with E-state index in [-0.39, 0.29) is 11.8 Å². The molecule has 1 aliphatic carbocycles. The average molecular weight is 489 g/mol. The fourth-order valence-electron chi connectivity index (χ4n) is 5.45. The lowest BCUT2D eigenvalue weighted by Gasteiger charge is -2.38. The first-order chi connectivity index (χ1) is 17.4. The van der Waals surface area contributed by atoms with Crippen LogP contribution in [0.15, 0.2) is 54.6 Å². The van der Waals surface area contributed by atoms with Gasteiger partial charge in [0.15, 0.2) is 0 Å². The summed E-state index contributed by atoms with van der Waals surface area (Å²) in [6.07, 6.45) is 7.62. The molecule has 1 aromatic heterocycles. The van der Waals surface area contributed by atoms with E-state index in [1.807, 2.05) is 26.0 Å². The van der Waals surface area contributed by atoms with Crippen molar-refractivity contribution >= 4 is 22.7 Å². The summed E-state index contributed by atoms with van der Waals surface area (Å²) in [7, 11) is 0. The molecule has 0 radical (unpaired) electrons. The molecule has 5 N–H and O–H groups in total. The van der Waals surface area contributed by atoms with Crippen molar-refractivity contribution in [2.24, 2.45) is 11.7 Å². The van der Waals surface area contributed by atoms with Crippen LogP contribution in [0.1, 0.15) is 62.8 Å². The van der Waals surface area contributed by atoms with Crippen LogP contribution in [0.2, 0.25) is 0 Å². The van der Waals surface area contributed by atoms with Gasteiger partial charge in [-0.05, 0) is 61.8 Å². The Labute approximate surface area is 214 Å². The first-order valence-electron chi connectivity index (χ1n) is 13.4. The van der Waals surface area contributed by atoms with Crippen molar-refractivity contribution in [3.63, 3.8) is 0 Å². The number of fused-ring (bicyclic) bond motifs is 3. The Morgan fingerprint density at radius 3 is 2.47 bits per heavy atom. The van der Waals surface area contributed by atoms with Gasteiger partial charge < -0.3 is 21.4 Å². The quantitative estimate of drug-likeness (QED) is 0.284. The summed E-state index contributed by atoms with van der Waals surface area (Å²) in [6, 6.07) is 18.2. The van der Waals surface area contributed by atoms with Gasteiger partial charge in [-0.3, -0.25) is 9.59 Å². The molecule has 1 heterocycles. The van der Waals surface area contributed by atoms with E-state index >= 15 is 0 Å². The first kappa shape index (κ1) is 26.0. The van der Waals surface area contributed by atoms with Crippen molar-refractivity contribution in [1.29, 1.82) is 0 Å². The van der Waals surface area contributed by atoms with Crippen molar-refractivity contribution in [1.82, 2.24) is 15.6 Å². The number of nitrogens with two attached hydrogens (primary N) is 1. The lowest BCUT2D eigenvalue weighted by atomic mass is 9.78. The topological polar surface area (TPSA) is 100 Å². The van der Waals surface area contributed by atoms with Gasteiger partial charge in [-0.25, -0.2) is 0 Å². The van der Waals surface area contributed by atoms with Crippen LogP contribution in [0, 0.1) is 5.92 Å². The Morgan fingerprint density at radius 2 is 1.72 bits per heavy atom. The zero-order valence-electron chi connectivity index (χ0n) is 21.6. The molecule has 2 aromatic carbocycles. The highest BCUT2D eigenvalue weighted by molar-refractivity contribution is 5.94. The Kier molecular flexibility index (Phi) is 8.47. The smallest absolute Gasteiger partial charge is 0.241 e. The van der Waals surface area contributed by atoms with E-state index in [0.29, 0.717) is 12.8 Å². The number of aromatic nitrogens is 1. The molecule has 0 spiro atoms. The summed E-state index contributed by atoms with van der Waals surface area (Å²) < 4.78 is 0. The summed E-state index contributed by atoms with van der Waals surface area (Å²) in [4.78, 5) is 29.3. The first-order valence-corrected chi connectivity index (χ1v) is 13.4. The molecule has 36 heavy (non-hydrogen) atoms. The van der Waals surface area contributed by atoms with E-state index in [4.69, 9.17) is 5.73 Å². The summed E-state index contributed by atoms with van der Waals surface area (Å²) in [5, 5.41) is 7.80. The second-order valence-electron chi connectivity index (χ2n) is 10.6. The monoisotopic (exact) mass is 488 g/mol. The SMILES string of the molecule is CC(C)[C@H](NC(=O)[C@]1(NCCCCCCc2ccccc2)CCc2[nH]c3ccccc3c2C1)C(N)=O. The van der Waals surface area contributed by atoms with Crippen LogP contribution in [0.4, 0.5) is 0 Å². The number of H-pyrrole nitrogens is 1. The average Bonchev–Trinajstić information content (AvgIpc) is 3.24. The van der Waals surface area contributed by atoms with E-state index in [1.165, 1.54) is 35.0 Å². The third-order valence-electron chi connectivity index (χ3n) is 7.58.